The summed E-state index contributed by atoms with van der Waals surface area (Å²) in [7, 11) is -3.86. The molecule has 0 fully saturated rings. The molecule has 8 nitrogen and oxygen atoms in total. The molecule has 3 aromatic rings. The lowest BCUT2D eigenvalue weighted by Crippen LogP contribution is -2.32. The first-order valence-corrected chi connectivity index (χ1v) is 11.9. The Morgan fingerprint density at radius 1 is 1.06 bits per heavy atom. The van der Waals surface area contributed by atoms with Crippen LogP contribution < -0.4 is 14.9 Å². The number of sulfonamides is 1. The van der Waals surface area contributed by atoms with Crippen molar-refractivity contribution in [3.05, 3.63) is 95.6 Å². The summed E-state index contributed by atoms with van der Waals surface area (Å²) < 4.78 is 33.8. The van der Waals surface area contributed by atoms with E-state index in [1.165, 1.54) is 18.3 Å². The van der Waals surface area contributed by atoms with E-state index in [-0.39, 0.29) is 17.9 Å². The zero-order valence-electron chi connectivity index (χ0n) is 18.5. The van der Waals surface area contributed by atoms with Crippen molar-refractivity contribution in [2.75, 3.05) is 6.61 Å². The van der Waals surface area contributed by atoms with E-state index in [9.17, 15) is 13.2 Å². The van der Waals surface area contributed by atoms with E-state index >= 15 is 0 Å². The van der Waals surface area contributed by atoms with Crippen molar-refractivity contribution in [3.63, 3.8) is 0 Å². The second-order valence-electron chi connectivity index (χ2n) is 7.38. The minimum atomic E-state index is -3.86. The monoisotopic (exact) mass is 476 g/mol. The molecule has 0 saturated heterocycles. The van der Waals surface area contributed by atoms with E-state index in [0.29, 0.717) is 16.9 Å². The number of benzene rings is 3. The van der Waals surface area contributed by atoms with Crippen LogP contribution in [0.3, 0.4) is 0 Å². The van der Waals surface area contributed by atoms with Gasteiger partial charge in [-0.3, -0.25) is 4.79 Å². The van der Waals surface area contributed by atoms with Crippen LogP contribution in [0.1, 0.15) is 29.2 Å². The molecule has 3 rings (SSSR count). The molecular weight excluding hydrogens is 452 g/mol. The van der Waals surface area contributed by atoms with Crippen LogP contribution in [0.4, 0.5) is 0 Å². The highest BCUT2D eigenvalue weighted by molar-refractivity contribution is 7.89. The Morgan fingerprint density at radius 3 is 2.44 bits per heavy atom. The summed E-state index contributed by atoms with van der Waals surface area (Å²) in [5, 5.41) is 12.7. The molecule has 0 aromatic heterocycles. The predicted molar refractivity (Wildman–Crippen MR) is 129 cm³/mol. The molecule has 0 aliphatic rings. The minimum absolute atomic E-state index is 0.114. The maximum atomic E-state index is 12.9. The van der Waals surface area contributed by atoms with Crippen LogP contribution in [0, 0.1) is 18.3 Å². The van der Waals surface area contributed by atoms with Crippen molar-refractivity contribution in [2.24, 2.45) is 5.10 Å². The van der Waals surface area contributed by atoms with Crippen molar-refractivity contribution < 1.29 is 17.9 Å². The van der Waals surface area contributed by atoms with E-state index in [1.807, 2.05) is 19.1 Å². The van der Waals surface area contributed by atoms with Crippen LogP contribution in [0.25, 0.3) is 0 Å². The van der Waals surface area contributed by atoms with Gasteiger partial charge in [-0.1, -0.05) is 60.2 Å². The van der Waals surface area contributed by atoms with Crippen LogP contribution in [-0.2, 0) is 14.8 Å². The first-order valence-electron chi connectivity index (χ1n) is 10.4. The largest absolute Gasteiger partial charge is 0.478 e. The van der Waals surface area contributed by atoms with Gasteiger partial charge >= 0.3 is 0 Å². The third kappa shape index (κ3) is 7.00. The highest BCUT2D eigenvalue weighted by Crippen LogP contribution is 2.21. The van der Waals surface area contributed by atoms with Gasteiger partial charge in [0.2, 0.25) is 15.9 Å². The standard InChI is InChI=1S/C25H24N4O4S/c1-19-11-13-22(14-12-19)34(31,32)29-23(20-7-3-2-4-8-20)17-25(30)28-27-18-21-9-5-6-10-24(21)33-16-15-26/h2-14,18,23,29H,16-17H2,1H3,(H,28,30)/b27-18-/t23-/m1/s1. The number of aryl methyl sites for hydroxylation is 1. The van der Waals surface area contributed by atoms with Crippen molar-refractivity contribution in [1.82, 2.24) is 10.1 Å². The lowest BCUT2D eigenvalue weighted by molar-refractivity contribution is -0.121. The molecule has 3 aromatic carbocycles. The lowest BCUT2D eigenvalue weighted by Gasteiger charge is -2.18. The summed E-state index contributed by atoms with van der Waals surface area (Å²) in [6.07, 6.45) is 1.23. The zero-order chi connectivity index (χ0) is 24.4. The van der Waals surface area contributed by atoms with Gasteiger partial charge in [0, 0.05) is 12.0 Å². The van der Waals surface area contributed by atoms with E-state index in [1.54, 1.807) is 60.7 Å². The molecule has 0 spiro atoms. The Kier molecular flexibility index (Phi) is 8.51. The molecule has 1 atom stereocenters. The molecule has 1 amide bonds. The van der Waals surface area contributed by atoms with E-state index < -0.39 is 22.0 Å². The second-order valence-corrected chi connectivity index (χ2v) is 9.09. The fraction of sp³-hybridized carbons (Fsp3) is 0.160. The molecule has 174 valence electrons. The SMILES string of the molecule is Cc1ccc(S(=O)(=O)N[C@H](CC(=O)N/N=C\c2ccccc2OCC#N)c2ccccc2)cc1. The van der Waals surface area contributed by atoms with Gasteiger partial charge in [0.05, 0.1) is 17.2 Å². The van der Waals surface area contributed by atoms with Gasteiger partial charge in [-0.05, 0) is 36.8 Å². The fourth-order valence-corrected chi connectivity index (χ4v) is 4.34. The third-order valence-electron chi connectivity index (χ3n) is 4.82. The molecule has 2 N–H and O–H groups in total. The molecule has 0 aliphatic carbocycles. The maximum absolute atomic E-state index is 12.9. The number of rotatable bonds is 10. The highest BCUT2D eigenvalue weighted by atomic mass is 32.2. The number of nitrogens with zero attached hydrogens (tertiary/aromatic N) is 2. The number of hydrazone groups is 1. The number of hydrogen-bond acceptors (Lipinski definition) is 6. The van der Waals surface area contributed by atoms with Gasteiger partial charge in [-0.15, -0.1) is 0 Å². The van der Waals surface area contributed by atoms with Crippen molar-refractivity contribution in [2.45, 2.75) is 24.3 Å². The molecule has 0 saturated carbocycles. The Bertz CT molecular complexity index is 1280. The molecule has 0 radical (unpaired) electrons. The summed E-state index contributed by atoms with van der Waals surface area (Å²) in [6, 6.07) is 23.4. The smallest absolute Gasteiger partial charge is 0.242 e. The Labute approximate surface area is 198 Å². The highest BCUT2D eigenvalue weighted by Gasteiger charge is 2.23. The second kappa shape index (κ2) is 11.7. The van der Waals surface area contributed by atoms with E-state index in [4.69, 9.17) is 10.00 Å². The minimum Gasteiger partial charge on any atom is -0.478 e. The van der Waals surface area contributed by atoms with Crippen LogP contribution in [0.5, 0.6) is 5.75 Å². The van der Waals surface area contributed by atoms with Gasteiger partial charge in [0.1, 0.15) is 11.8 Å². The van der Waals surface area contributed by atoms with Gasteiger partial charge in [0.15, 0.2) is 6.61 Å². The normalized spacial score (nSPS) is 12.1. The Hall–Kier alpha value is -4.00. The average molecular weight is 477 g/mol. The summed E-state index contributed by atoms with van der Waals surface area (Å²) in [5.74, 6) is -0.0257. The van der Waals surface area contributed by atoms with Gasteiger partial charge in [-0.25, -0.2) is 18.6 Å². The Morgan fingerprint density at radius 2 is 1.74 bits per heavy atom. The first kappa shape index (κ1) is 24.6. The van der Waals surface area contributed by atoms with Crippen LogP contribution in [0.2, 0.25) is 0 Å². The number of carbonyl (C=O) groups is 1. The van der Waals surface area contributed by atoms with Crippen molar-refractivity contribution >= 4 is 22.1 Å². The topological polar surface area (TPSA) is 121 Å². The predicted octanol–water partition coefficient (Wildman–Crippen LogP) is 3.46. The third-order valence-corrected chi connectivity index (χ3v) is 6.31. The molecule has 34 heavy (non-hydrogen) atoms. The van der Waals surface area contributed by atoms with Crippen LogP contribution in [-0.4, -0.2) is 27.1 Å². The summed E-state index contributed by atoms with van der Waals surface area (Å²) in [4.78, 5) is 12.7. The fourth-order valence-electron chi connectivity index (χ4n) is 3.12. The molecule has 0 bridgehead atoms. The van der Waals surface area contributed by atoms with E-state index in [2.05, 4.69) is 15.2 Å². The molecule has 0 aliphatic heterocycles. The van der Waals surface area contributed by atoms with Crippen molar-refractivity contribution in [3.8, 4) is 11.8 Å². The van der Waals surface area contributed by atoms with Gasteiger partial charge in [0.25, 0.3) is 0 Å². The van der Waals surface area contributed by atoms with Crippen LogP contribution in [0.15, 0.2) is 88.9 Å². The first-order chi connectivity index (χ1) is 16.4. The summed E-state index contributed by atoms with van der Waals surface area (Å²) in [5.41, 5.74) is 4.59. The van der Waals surface area contributed by atoms with Gasteiger partial charge < -0.3 is 4.74 Å². The summed E-state index contributed by atoms with van der Waals surface area (Å²) >= 11 is 0. The quantitative estimate of drug-likeness (QED) is 0.343. The van der Waals surface area contributed by atoms with Gasteiger partial charge in [-0.2, -0.15) is 10.4 Å². The average Bonchev–Trinajstić information content (AvgIpc) is 2.84. The number of carbonyl (C=O) groups excluding carboxylic acids is 1. The molecular formula is C25H24N4O4S. The zero-order valence-corrected chi connectivity index (χ0v) is 19.3. The number of nitrogens with one attached hydrogen (secondary N) is 2. The number of nitriles is 1. The molecule has 0 heterocycles. The number of ether oxygens (including phenoxy) is 1. The maximum Gasteiger partial charge on any atom is 0.242 e. The van der Waals surface area contributed by atoms with E-state index in [0.717, 1.165) is 5.56 Å². The number of amides is 1. The summed E-state index contributed by atoms with van der Waals surface area (Å²) in [6.45, 7) is 1.76. The van der Waals surface area contributed by atoms with Crippen molar-refractivity contribution in [1.29, 1.82) is 5.26 Å². The lowest BCUT2D eigenvalue weighted by atomic mass is 10.0. The molecule has 9 heteroatoms. The Balaban J connectivity index is 1.72. The van der Waals surface area contributed by atoms with Crippen LogP contribution >= 0.6 is 0 Å². The number of hydrogen-bond donors (Lipinski definition) is 2. The number of para-hydroxylation sites is 1. The molecule has 0 unspecified atom stereocenters.